The minimum atomic E-state index is -1.19. The molecule has 0 spiro atoms. The predicted molar refractivity (Wildman–Crippen MR) is 172 cm³/mol. The van der Waals surface area contributed by atoms with Crippen LogP contribution in [-0.2, 0) is 39.0 Å². The summed E-state index contributed by atoms with van der Waals surface area (Å²) < 4.78 is 31.7. The highest BCUT2D eigenvalue weighted by atomic mass is 32.2. The van der Waals surface area contributed by atoms with Gasteiger partial charge < -0.3 is 18.8 Å². The molecule has 0 saturated carbocycles. The maximum Gasteiger partial charge on any atom is 0.160 e. The number of carbonyl (C=O) groups is 1. The molecule has 0 bridgehead atoms. The first-order valence-electron chi connectivity index (χ1n) is 14.7. The number of ether oxygens (including phenoxy) is 3. The second-order valence-electron chi connectivity index (χ2n) is 10.1. The number of benzene rings is 3. The first-order valence-corrected chi connectivity index (χ1v) is 16.0. The lowest BCUT2D eigenvalue weighted by molar-refractivity contribution is -0.113. The summed E-state index contributed by atoms with van der Waals surface area (Å²) in [6, 6.07) is 21.2. The van der Waals surface area contributed by atoms with E-state index in [0.717, 1.165) is 64.6 Å². The molecule has 1 atom stereocenters. The molecule has 0 aliphatic carbocycles. The van der Waals surface area contributed by atoms with Crippen LogP contribution in [0.25, 0.3) is 17.2 Å². The Bertz CT molecular complexity index is 1510. The van der Waals surface area contributed by atoms with Gasteiger partial charge in [-0.2, -0.15) is 0 Å². The standard InChI is InChI=1S/C35H40N2O5S/c1-4-6-19-41-20-21-42-33-14-10-28(11-15-33)29-12-18-35(40-3)30(23-29)9-13-32(38)22-27-7-16-34(17-8-27)43(39)25-31-24-36-26-37(31)5-2/h7-18,23-24,26H,4-6,19-22,25H2,1-3H3/b13-9+/t43-/m1/s1. The first-order chi connectivity index (χ1) is 21.0. The quantitative estimate of drug-likeness (QED) is 0.0968. The number of carbonyl (C=O) groups excluding carboxylic acids is 1. The van der Waals surface area contributed by atoms with Crippen LogP contribution >= 0.6 is 0 Å². The number of allylic oxidation sites excluding steroid dienone is 1. The van der Waals surface area contributed by atoms with E-state index in [2.05, 4.69) is 11.9 Å². The van der Waals surface area contributed by atoms with Crippen LogP contribution < -0.4 is 9.47 Å². The van der Waals surface area contributed by atoms with Crippen molar-refractivity contribution >= 4 is 22.7 Å². The van der Waals surface area contributed by atoms with Gasteiger partial charge in [0, 0.05) is 36.2 Å². The number of aryl methyl sites for hydroxylation is 1. The van der Waals surface area contributed by atoms with Crippen LogP contribution in [0.15, 0.2) is 90.2 Å². The Labute approximate surface area is 257 Å². The van der Waals surface area contributed by atoms with Gasteiger partial charge in [0.1, 0.15) is 18.1 Å². The fourth-order valence-corrected chi connectivity index (χ4v) is 5.64. The van der Waals surface area contributed by atoms with E-state index in [9.17, 15) is 9.00 Å². The van der Waals surface area contributed by atoms with Crippen molar-refractivity contribution in [2.24, 2.45) is 0 Å². The van der Waals surface area contributed by atoms with Crippen molar-refractivity contribution < 1.29 is 23.2 Å². The molecule has 226 valence electrons. The Morgan fingerprint density at radius 1 is 0.953 bits per heavy atom. The van der Waals surface area contributed by atoms with Gasteiger partial charge >= 0.3 is 0 Å². The lowest BCUT2D eigenvalue weighted by atomic mass is 10.0. The van der Waals surface area contributed by atoms with E-state index in [-0.39, 0.29) is 12.2 Å². The zero-order valence-corrected chi connectivity index (χ0v) is 26.0. The number of hydrogen-bond donors (Lipinski definition) is 0. The predicted octanol–water partition coefficient (Wildman–Crippen LogP) is 6.91. The van der Waals surface area contributed by atoms with Crippen LogP contribution in [-0.4, -0.2) is 46.5 Å². The lowest BCUT2D eigenvalue weighted by Crippen LogP contribution is -2.07. The zero-order valence-electron chi connectivity index (χ0n) is 25.2. The van der Waals surface area contributed by atoms with Gasteiger partial charge in [0.05, 0.1) is 42.3 Å². The maximum absolute atomic E-state index is 12.8. The normalized spacial score (nSPS) is 12.0. The van der Waals surface area contributed by atoms with Crippen molar-refractivity contribution in [1.29, 1.82) is 0 Å². The molecule has 1 aromatic heterocycles. The van der Waals surface area contributed by atoms with Gasteiger partial charge in [-0.15, -0.1) is 0 Å². The van der Waals surface area contributed by atoms with Crippen molar-refractivity contribution in [1.82, 2.24) is 9.55 Å². The number of hydrogen-bond acceptors (Lipinski definition) is 6. The SMILES string of the molecule is CCCCOCCOc1ccc(-c2ccc(OC)c(/C=C/C(=O)Cc3ccc([S@](=O)Cc4cncn4CC)cc3)c2)cc1. The summed E-state index contributed by atoms with van der Waals surface area (Å²) in [4.78, 5) is 17.7. The molecule has 0 aliphatic heterocycles. The highest BCUT2D eigenvalue weighted by molar-refractivity contribution is 7.84. The number of ketones is 1. The van der Waals surface area contributed by atoms with Crippen LogP contribution in [0.1, 0.15) is 43.5 Å². The Balaban J connectivity index is 1.34. The molecule has 43 heavy (non-hydrogen) atoms. The molecule has 0 radical (unpaired) electrons. The van der Waals surface area contributed by atoms with Gasteiger partial charge in [-0.3, -0.25) is 9.00 Å². The topological polar surface area (TPSA) is 79.7 Å². The molecule has 0 unspecified atom stereocenters. The van der Waals surface area contributed by atoms with E-state index < -0.39 is 10.8 Å². The Morgan fingerprint density at radius 2 is 1.72 bits per heavy atom. The van der Waals surface area contributed by atoms with Gasteiger partial charge in [-0.05, 0) is 78.6 Å². The van der Waals surface area contributed by atoms with Crippen LogP contribution in [0.4, 0.5) is 0 Å². The minimum Gasteiger partial charge on any atom is -0.496 e. The number of rotatable bonds is 17. The third kappa shape index (κ3) is 9.49. The number of methoxy groups -OCH3 is 1. The fraction of sp³-hybridized carbons (Fsp3) is 0.314. The Hall–Kier alpha value is -4.01. The molecule has 7 nitrogen and oxygen atoms in total. The van der Waals surface area contributed by atoms with E-state index >= 15 is 0 Å². The van der Waals surface area contributed by atoms with Crippen LogP contribution in [0, 0.1) is 0 Å². The van der Waals surface area contributed by atoms with Gasteiger partial charge in [-0.25, -0.2) is 4.98 Å². The van der Waals surface area contributed by atoms with Gasteiger partial charge in [0.15, 0.2) is 5.78 Å². The molecule has 0 fully saturated rings. The van der Waals surface area contributed by atoms with Gasteiger partial charge in [0.25, 0.3) is 0 Å². The summed E-state index contributed by atoms with van der Waals surface area (Å²) in [6.45, 7) is 6.82. The molecular weight excluding hydrogens is 560 g/mol. The molecule has 4 rings (SSSR count). The molecule has 1 heterocycles. The van der Waals surface area contributed by atoms with Crippen molar-refractivity contribution in [2.75, 3.05) is 26.9 Å². The average Bonchev–Trinajstić information content (AvgIpc) is 3.49. The highest BCUT2D eigenvalue weighted by Crippen LogP contribution is 2.29. The van der Waals surface area contributed by atoms with E-state index in [1.54, 1.807) is 31.8 Å². The summed E-state index contributed by atoms with van der Waals surface area (Å²) >= 11 is 0. The summed E-state index contributed by atoms with van der Waals surface area (Å²) in [5.74, 6) is 1.85. The lowest BCUT2D eigenvalue weighted by Gasteiger charge is -2.10. The summed E-state index contributed by atoms with van der Waals surface area (Å²) in [5.41, 5.74) is 4.66. The monoisotopic (exact) mass is 600 g/mol. The molecular formula is C35H40N2O5S. The largest absolute Gasteiger partial charge is 0.496 e. The van der Waals surface area contributed by atoms with E-state index in [1.165, 1.54) is 0 Å². The third-order valence-electron chi connectivity index (χ3n) is 6.99. The Kier molecular flexibility index (Phi) is 12.3. The molecule has 0 aliphatic rings. The molecule has 0 N–H and O–H groups in total. The minimum absolute atomic E-state index is 0.0339. The Morgan fingerprint density at radius 3 is 2.44 bits per heavy atom. The molecule has 0 saturated heterocycles. The average molecular weight is 601 g/mol. The third-order valence-corrected chi connectivity index (χ3v) is 8.34. The van der Waals surface area contributed by atoms with Crippen LogP contribution in [0.2, 0.25) is 0 Å². The summed E-state index contributed by atoms with van der Waals surface area (Å²) in [5, 5.41) is 0. The number of aromatic nitrogens is 2. The van der Waals surface area contributed by atoms with Crippen molar-refractivity contribution in [3.8, 4) is 22.6 Å². The molecule has 8 heteroatoms. The van der Waals surface area contributed by atoms with Crippen LogP contribution in [0.3, 0.4) is 0 Å². The van der Waals surface area contributed by atoms with E-state index in [4.69, 9.17) is 14.2 Å². The van der Waals surface area contributed by atoms with Crippen molar-refractivity contribution in [2.45, 2.75) is 50.3 Å². The molecule has 0 amide bonds. The van der Waals surface area contributed by atoms with Crippen molar-refractivity contribution in [3.05, 3.63) is 102 Å². The van der Waals surface area contributed by atoms with E-state index in [1.807, 2.05) is 78.2 Å². The smallest absolute Gasteiger partial charge is 0.160 e. The number of unbranched alkanes of at least 4 members (excludes halogenated alkanes) is 1. The van der Waals surface area contributed by atoms with Gasteiger partial charge in [0.2, 0.25) is 0 Å². The zero-order chi connectivity index (χ0) is 30.4. The fourth-order valence-electron chi connectivity index (χ4n) is 4.53. The molecule has 3 aromatic carbocycles. The second-order valence-corrected chi connectivity index (χ2v) is 11.5. The van der Waals surface area contributed by atoms with E-state index in [0.29, 0.717) is 24.7 Å². The molecule has 4 aromatic rings. The summed E-state index contributed by atoms with van der Waals surface area (Å²) in [7, 11) is 0.432. The number of imidazole rings is 1. The van der Waals surface area contributed by atoms with Crippen molar-refractivity contribution in [3.63, 3.8) is 0 Å². The second kappa shape index (κ2) is 16.6. The summed E-state index contributed by atoms with van der Waals surface area (Å²) in [6.07, 6.45) is 9.31. The van der Waals surface area contributed by atoms with Gasteiger partial charge in [-0.1, -0.05) is 43.7 Å². The first kappa shape index (κ1) is 31.9. The van der Waals surface area contributed by atoms with Crippen LogP contribution in [0.5, 0.6) is 11.5 Å². The highest BCUT2D eigenvalue weighted by Gasteiger charge is 2.10. The number of nitrogens with zero attached hydrogens (tertiary/aromatic N) is 2. The maximum atomic E-state index is 12.8.